The Hall–Kier alpha value is -1.01. The van der Waals surface area contributed by atoms with Crippen LogP contribution in [0.5, 0.6) is 0 Å². The maximum absolute atomic E-state index is 12.3. The molecular formula is C16H33ClN4O2. The summed E-state index contributed by atoms with van der Waals surface area (Å²) < 4.78 is 0. The van der Waals surface area contributed by atoms with E-state index in [0.29, 0.717) is 19.6 Å². The summed E-state index contributed by atoms with van der Waals surface area (Å²) in [6, 6.07) is 0.104. The molecule has 0 aromatic carbocycles. The number of hydrogen-bond acceptors (Lipinski definition) is 3. The second-order valence-corrected chi connectivity index (χ2v) is 5.76. The van der Waals surface area contributed by atoms with Crippen LogP contribution >= 0.6 is 12.4 Å². The Morgan fingerprint density at radius 2 is 1.65 bits per heavy atom. The predicted octanol–water partition coefficient (Wildman–Crippen LogP) is 1.70. The fourth-order valence-electron chi connectivity index (χ4n) is 2.75. The molecule has 1 fully saturated rings. The lowest BCUT2D eigenvalue weighted by molar-refractivity contribution is -0.126. The standard InChI is InChI=1S/C16H32N4O2.ClH/c1-4-9-17-10-11-18-15(21)14-7-12-20(13-8-14)16(22)19(5-2)6-3;/h14,17H,4-13H2,1-3H3,(H,18,21);1H. The van der Waals surface area contributed by atoms with E-state index in [1.165, 1.54) is 0 Å². The Morgan fingerprint density at radius 3 is 2.17 bits per heavy atom. The average molecular weight is 349 g/mol. The van der Waals surface area contributed by atoms with E-state index in [0.717, 1.165) is 45.4 Å². The number of amides is 3. The highest BCUT2D eigenvalue weighted by Gasteiger charge is 2.28. The maximum Gasteiger partial charge on any atom is 0.319 e. The van der Waals surface area contributed by atoms with Crippen molar-refractivity contribution in [1.29, 1.82) is 0 Å². The van der Waals surface area contributed by atoms with Gasteiger partial charge in [-0.05, 0) is 39.7 Å². The number of nitrogens with zero attached hydrogens (tertiary/aromatic N) is 2. The van der Waals surface area contributed by atoms with Crippen molar-refractivity contribution in [2.24, 2.45) is 5.92 Å². The molecule has 0 spiro atoms. The van der Waals surface area contributed by atoms with Crippen LogP contribution in [0, 0.1) is 5.92 Å². The van der Waals surface area contributed by atoms with Gasteiger partial charge in [0.1, 0.15) is 0 Å². The van der Waals surface area contributed by atoms with Crippen molar-refractivity contribution in [2.75, 3.05) is 45.8 Å². The second-order valence-electron chi connectivity index (χ2n) is 5.76. The minimum atomic E-state index is 0. The molecule has 0 aromatic heterocycles. The predicted molar refractivity (Wildman–Crippen MR) is 96.0 cm³/mol. The van der Waals surface area contributed by atoms with Crippen LogP contribution < -0.4 is 10.6 Å². The molecule has 1 saturated heterocycles. The molecule has 0 unspecified atom stereocenters. The van der Waals surface area contributed by atoms with Crippen molar-refractivity contribution >= 4 is 24.3 Å². The first-order valence-electron chi connectivity index (χ1n) is 8.66. The summed E-state index contributed by atoms with van der Waals surface area (Å²) in [6.07, 6.45) is 2.63. The van der Waals surface area contributed by atoms with Crippen LogP contribution in [0.1, 0.15) is 40.0 Å². The fraction of sp³-hybridized carbons (Fsp3) is 0.875. The third kappa shape index (κ3) is 7.40. The van der Waals surface area contributed by atoms with Crippen molar-refractivity contribution < 1.29 is 9.59 Å². The number of rotatable bonds is 8. The smallest absolute Gasteiger partial charge is 0.319 e. The summed E-state index contributed by atoms with van der Waals surface area (Å²) in [5, 5.41) is 6.25. The molecular weight excluding hydrogens is 316 g/mol. The van der Waals surface area contributed by atoms with Gasteiger partial charge in [-0.3, -0.25) is 4.79 Å². The molecule has 1 aliphatic heterocycles. The molecule has 1 heterocycles. The number of hydrogen-bond donors (Lipinski definition) is 2. The van der Waals surface area contributed by atoms with E-state index in [-0.39, 0.29) is 30.3 Å². The van der Waals surface area contributed by atoms with Crippen LogP contribution in [-0.4, -0.2) is 67.6 Å². The summed E-state index contributed by atoms with van der Waals surface area (Å²) in [7, 11) is 0. The van der Waals surface area contributed by atoms with E-state index in [4.69, 9.17) is 0 Å². The number of carbonyl (C=O) groups is 2. The van der Waals surface area contributed by atoms with Crippen molar-refractivity contribution in [3.8, 4) is 0 Å². The SMILES string of the molecule is CCCNCCNC(=O)C1CCN(C(=O)N(CC)CC)CC1.Cl. The van der Waals surface area contributed by atoms with E-state index in [9.17, 15) is 9.59 Å². The summed E-state index contributed by atoms with van der Waals surface area (Å²) in [5.41, 5.74) is 0. The molecule has 3 amide bonds. The third-order valence-corrected chi connectivity index (χ3v) is 4.20. The average Bonchev–Trinajstić information content (AvgIpc) is 2.55. The molecule has 2 N–H and O–H groups in total. The van der Waals surface area contributed by atoms with Gasteiger partial charge >= 0.3 is 6.03 Å². The Kier molecular flexibility index (Phi) is 11.9. The van der Waals surface area contributed by atoms with Gasteiger partial charge in [0.2, 0.25) is 5.91 Å². The summed E-state index contributed by atoms with van der Waals surface area (Å²) in [6.45, 7) is 11.4. The molecule has 23 heavy (non-hydrogen) atoms. The first-order chi connectivity index (χ1) is 10.6. The number of urea groups is 1. The highest BCUT2D eigenvalue weighted by molar-refractivity contribution is 5.85. The molecule has 0 radical (unpaired) electrons. The van der Waals surface area contributed by atoms with Crippen LogP contribution in [0.15, 0.2) is 0 Å². The van der Waals surface area contributed by atoms with Crippen LogP contribution in [0.3, 0.4) is 0 Å². The van der Waals surface area contributed by atoms with Gasteiger partial charge in [-0.15, -0.1) is 12.4 Å². The number of halogens is 1. The molecule has 0 bridgehead atoms. The molecule has 0 aliphatic carbocycles. The summed E-state index contributed by atoms with van der Waals surface area (Å²) in [5.74, 6) is 0.181. The van der Waals surface area contributed by atoms with Crippen LogP contribution in [0.2, 0.25) is 0 Å². The van der Waals surface area contributed by atoms with Gasteiger partial charge in [-0.25, -0.2) is 4.79 Å². The zero-order valence-corrected chi connectivity index (χ0v) is 15.6. The number of nitrogens with one attached hydrogen (secondary N) is 2. The van der Waals surface area contributed by atoms with E-state index in [1.54, 1.807) is 0 Å². The second kappa shape index (κ2) is 12.4. The van der Waals surface area contributed by atoms with Crippen molar-refractivity contribution in [1.82, 2.24) is 20.4 Å². The molecule has 0 aromatic rings. The lowest BCUT2D eigenvalue weighted by atomic mass is 9.96. The van der Waals surface area contributed by atoms with Gasteiger partial charge in [-0.1, -0.05) is 6.92 Å². The Morgan fingerprint density at radius 1 is 1.04 bits per heavy atom. The monoisotopic (exact) mass is 348 g/mol. The van der Waals surface area contributed by atoms with E-state index in [1.807, 2.05) is 23.6 Å². The first kappa shape index (κ1) is 22.0. The van der Waals surface area contributed by atoms with Gasteiger partial charge in [-0.2, -0.15) is 0 Å². The van der Waals surface area contributed by atoms with Gasteiger partial charge in [0.25, 0.3) is 0 Å². The van der Waals surface area contributed by atoms with Gasteiger partial charge in [0.05, 0.1) is 0 Å². The Balaban J connectivity index is 0.00000484. The zero-order valence-electron chi connectivity index (χ0n) is 14.8. The molecule has 6 nitrogen and oxygen atoms in total. The third-order valence-electron chi connectivity index (χ3n) is 4.20. The summed E-state index contributed by atoms with van der Waals surface area (Å²) >= 11 is 0. The minimum Gasteiger partial charge on any atom is -0.355 e. The summed E-state index contributed by atoms with van der Waals surface area (Å²) in [4.78, 5) is 28.1. The molecule has 1 aliphatic rings. The molecule has 7 heteroatoms. The van der Waals surface area contributed by atoms with Gasteiger partial charge in [0.15, 0.2) is 0 Å². The topological polar surface area (TPSA) is 64.7 Å². The largest absolute Gasteiger partial charge is 0.355 e. The number of carbonyl (C=O) groups excluding carboxylic acids is 2. The molecule has 0 atom stereocenters. The van der Waals surface area contributed by atoms with Gasteiger partial charge in [0, 0.05) is 45.2 Å². The maximum atomic E-state index is 12.3. The highest BCUT2D eigenvalue weighted by atomic mass is 35.5. The van der Waals surface area contributed by atoms with Crippen LogP contribution in [0.25, 0.3) is 0 Å². The van der Waals surface area contributed by atoms with Crippen molar-refractivity contribution in [3.63, 3.8) is 0 Å². The Labute approximate surface area is 146 Å². The van der Waals surface area contributed by atoms with E-state index >= 15 is 0 Å². The van der Waals surface area contributed by atoms with Gasteiger partial charge < -0.3 is 20.4 Å². The van der Waals surface area contributed by atoms with E-state index < -0.39 is 0 Å². The number of likely N-dealkylation sites (tertiary alicyclic amines) is 1. The number of piperidine rings is 1. The normalized spacial score (nSPS) is 15.0. The first-order valence-corrected chi connectivity index (χ1v) is 8.66. The molecule has 136 valence electrons. The lowest BCUT2D eigenvalue weighted by Gasteiger charge is -2.34. The highest BCUT2D eigenvalue weighted by Crippen LogP contribution is 2.18. The quantitative estimate of drug-likeness (QED) is 0.656. The van der Waals surface area contributed by atoms with Crippen molar-refractivity contribution in [2.45, 2.75) is 40.0 Å². The lowest BCUT2D eigenvalue weighted by Crippen LogP contribution is -2.48. The minimum absolute atomic E-state index is 0. The van der Waals surface area contributed by atoms with Crippen LogP contribution in [0.4, 0.5) is 4.79 Å². The zero-order chi connectivity index (χ0) is 16.4. The fourth-order valence-corrected chi connectivity index (χ4v) is 2.75. The van der Waals surface area contributed by atoms with E-state index in [2.05, 4.69) is 17.6 Å². The molecule has 1 rings (SSSR count). The van der Waals surface area contributed by atoms with Crippen molar-refractivity contribution in [3.05, 3.63) is 0 Å². The Bertz CT molecular complexity index is 343. The molecule has 0 saturated carbocycles. The van der Waals surface area contributed by atoms with Crippen LogP contribution in [-0.2, 0) is 4.79 Å².